The summed E-state index contributed by atoms with van der Waals surface area (Å²) in [7, 11) is 2.13. The minimum atomic E-state index is -0.340. The molecule has 2 atom stereocenters. The van der Waals surface area contributed by atoms with Gasteiger partial charge in [0, 0.05) is 37.3 Å². The summed E-state index contributed by atoms with van der Waals surface area (Å²) in [6.07, 6.45) is 2.05. The predicted octanol–water partition coefficient (Wildman–Crippen LogP) is 3.37. The molecule has 0 saturated carbocycles. The molecular formula is C16H27N3O2. The van der Waals surface area contributed by atoms with E-state index >= 15 is 0 Å². The van der Waals surface area contributed by atoms with E-state index in [1.807, 2.05) is 6.07 Å². The van der Waals surface area contributed by atoms with Gasteiger partial charge >= 0.3 is 0 Å². The Hall–Kier alpha value is -1.46. The van der Waals surface area contributed by atoms with Gasteiger partial charge in [-0.15, -0.1) is 0 Å². The standard InChI is InChI=1S/C16H27N3O2/c1-5-13(3)18(4)11-10-17-16(6-2)14-8-7-9-15(12-14)19(20)21/h7-9,12-13,16-17H,5-6,10-11H2,1-4H3. The lowest BCUT2D eigenvalue weighted by atomic mass is 10.0. The van der Waals surface area contributed by atoms with E-state index in [0.29, 0.717) is 6.04 Å². The normalized spacial score (nSPS) is 14.1. The van der Waals surface area contributed by atoms with Gasteiger partial charge < -0.3 is 10.2 Å². The fraction of sp³-hybridized carbons (Fsp3) is 0.625. The minimum absolute atomic E-state index is 0.157. The maximum atomic E-state index is 10.9. The molecule has 0 bridgehead atoms. The third kappa shape index (κ3) is 5.44. The Kier molecular flexibility index (Phi) is 7.32. The summed E-state index contributed by atoms with van der Waals surface area (Å²) in [4.78, 5) is 12.8. The Balaban J connectivity index is 2.59. The summed E-state index contributed by atoms with van der Waals surface area (Å²) in [6.45, 7) is 8.35. The molecule has 5 nitrogen and oxygen atoms in total. The fourth-order valence-electron chi connectivity index (χ4n) is 2.30. The summed E-state index contributed by atoms with van der Waals surface area (Å²) in [5, 5.41) is 14.4. The van der Waals surface area contributed by atoms with E-state index in [4.69, 9.17) is 0 Å². The van der Waals surface area contributed by atoms with Crippen molar-refractivity contribution in [3.63, 3.8) is 0 Å². The van der Waals surface area contributed by atoms with Crippen LogP contribution in [0.2, 0.25) is 0 Å². The molecule has 0 fully saturated rings. The van der Waals surface area contributed by atoms with Gasteiger partial charge in [-0.1, -0.05) is 26.0 Å². The van der Waals surface area contributed by atoms with Gasteiger partial charge in [-0.3, -0.25) is 10.1 Å². The lowest BCUT2D eigenvalue weighted by Crippen LogP contribution is -2.36. The van der Waals surface area contributed by atoms with Crippen LogP contribution in [0.15, 0.2) is 24.3 Å². The number of rotatable bonds is 9. The van der Waals surface area contributed by atoms with Crippen LogP contribution in [0.3, 0.4) is 0 Å². The van der Waals surface area contributed by atoms with Crippen LogP contribution in [0.5, 0.6) is 0 Å². The highest BCUT2D eigenvalue weighted by Gasteiger charge is 2.13. The van der Waals surface area contributed by atoms with E-state index in [1.165, 1.54) is 6.07 Å². The molecular weight excluding hydrogens is 266 g/mol. The zero-order valence-electron chi connectivity index (χ0n) is 13.5. The zero-order chi connectivity index (χ0) is 15.8. The van der Waals surface area contributed by atoms with Crippen molar-refractivity contribution in [3.8, 4) is 0 Å². The topological polar surface area (TPSA) is 58.4 Å². The molecule has 1 rings (SSSR count). The summed E-state index contributed by atoms with van der Waals surface area (Å²) in [5.74, 6) is 0. The van der Waals surface area contributed by atoms with Crippen molar-refractivity contribution in [2.75, 3.05) is 20.1 Å². The number of nitrogens with zero attached hydrogens (tertiary/aromatic N) is 2. The molecule has 5 heteroatoms. The van der Waals surface area contributed by atoms with Gasteiger partial charge in [0.1, 0.15) is 0 Å². The number of hydrogen-bond donors (Lipinski definition) is 1. The summed E-state index contributed by atoms with van der Waals surface area (Å²) < 4.78 is 0. The summed E-state index contributed by atoms with van der Waals surface area (Å²) in [6, 6.07) is 7.64. The second-order valence-electron chi connectivity index (χ2n) is 5.50. The first-order chi connectivity index (χ1) is 9.99. The Morgan fingerprint density at radius 1 is 1.33 bits per heavy atom. The van der Waals surface area contributed by atoms with Crippen molar-refractivity contribution in [2.45, 2.75) is 45.7 Å². The summed E-state index contributed by atoms with van der Waals surface area (Å²) >= 11 is 0. The van der Waals surface area contributed by atoms with Gasteiger partial charge in [0.15, 0.2) is 0 Å². The quantitative estimate of drug-likeness (QED) is 0.560. The molecule has 0 saturated heterocycles. The minimum Gasteiger partial charge on any atom is -0.309 e. The van der Waals surface area contributed by atoms with Crippen LogP contribution in [0.25, 0.3) is 0 Å². The van der Waals surface area contributed by atoms with E-state index in [9.17, 15) is 10.1 Å². The predicted molar refractivity (Wildman–Crippen MR) is 86.5 cm³/mol. The van der Waals surface area contributed by atoms with Crippen LogP contribution in [-0.4, -0.2) is 36.0 Å². The molecule has 0 amide bonds. The largest absolute Gasteiger partial charge is 0.309 e. The SMILES string of the molecule is CCC(NCCN(C)C(C)CC)c1cccc([N+](=O)[O-])c1. The van der Waals surface area contributed by atoms with Crippen molar-refractivity contribution in [1.82, 2.24) is 10.2 Å². The van der Waals surface area contributed by atoms with Gasteiger partial charge in [0.25, 0.3) is 5.69 Å². The number of nitrogens with one attached hydrogen (secondary N) is 1. The molecule has 1 aromatic rings. The molecule has 1 aromatic carbocycles. The Morgan fingerprint density at radius 2 is 2.05 bits per heavy atom. The number of hydrogen-bond acceptors (Lipinski definition) is 4. The van der Waals surface area contributed by atoms with Gasteiger partial charge in [-0.05, 0) is 32.4 Å². The maximum absolute atomic E-state index is 10.9. The van der Waals surface area contributed by atoms with Crippen molar-refractivity contribution < 1.29 is 4.92 Å². The molecule has 0 aliphatic carbocycles. The fourth-order valence-corrected chi connectivity index (χ4v) is 2.30. The second kappa shape index (κ2) is 8.74. The zero-order valence-corrected chi connectivity index (χ0v) is 13.5. The molecule has 0 radical (unpaired) electrons. The van der Waals surface area contributed by atoms with Crippen LogP contribution < -0.4 is 5.32 Å². The molecule has 0 aromatic heterocycles. The van der Waals surface area contributed by atoms with Crippen LogP contribution in [0.1, 0.15) is 45.2 Å². The molecule has 1 N–H and O–H groups in total. The van der Waals surface area contributed by atoms with E-state index in [-0.39, 0.29) is 16.7 Å². The third-order valence-electron chi connectivity index (χ3n) is 4.09. The van der Waals surface area contributed by atoms with Gasteiger partial charge in [0.05, 0.1) is 4.92 Å². The lowest BCUT2D eigenvalue weighted by molar-refractivity contribution is -0.384. The first-order valence-electron chi connectivity index (χ1n) is 7.67. The first-order valence-corrected chi connectivity index (χ1v) is 7.67. The Labute approximate surface area is 127 Å². The van der Waals surface area contributed by atoms with Gasteiger partial charge in [-0.2, -0.15) is 0 Å². The highest BCUT2D eigenvalue weighted by atomic mass is 16.6. The average molecular weight is 293 g/mol. The smallest absolute Gasteiger partial charge is 0.269 e. The monoisotopic (exact) mass is 293 g/mol. The molecule has 21 heavy (non-hydrogen) atoms. The molecule has 118 valence electrons. The van der Waals surface area contributed by atoms with Crippen molar-refractivity contribution in [3.05, 3.63) is 39.9 Å². The molecule has 0 spiro atoms. The number of likely N-dealkylation sites (N-methyl/N-ethyl adjacent to an activating group) is 1. The Bertz CT molecular complexity index is 451. The third-order valence-corrected chi connectivity index (χ3v) is 4.09. The second-order valence-corrected chi connectivity index (χ2v) is 5.50. The first kappa shape index (κ1) is 17.6. The van der Waals surface area contributed by atoms with Gasteiger partial charge in [0.2, 0.25) is 0 Å². The highest BCUT2D eigenvalue weighted by Crippen LogP contribution is 2.21. The van der Waals surface area contributed by atoms with Crippen molar-refractivity contribution >= 4 is 5.69 Å². The van der Waals surface area contributed by atoms with E-state index in [2.05, 4.69) is 38.0 Å². The van der Waals surface area contributed by atoms with Crippen molar-refractivity contribution in [2.24, 2.45) is 0 Å². The maximum Gasteiger partial charge on any atom is 0.269 e. The van der Waals surface area contributed by atoms with Crippen LogP contribution in [-0.2, 0) is 0 Å². The van der Waals surface area contributed by atoms with Crippen LogP contribution in [0, 0.1) is 10.1 Å². The number of nitro benzene ring substituents is 1. The Morgan fingerprint density at radius 3 is 2.62 bits per heavy atom. The van der Waals surface area contributed by atoms with E-state index < -0.39 is 0 Å². The van der Waals surface area contributed by atoms with Crippen molar-refractivity contribution in [1.29, 1.82) is 0 Å². The lowest BCUT2D eigenvalue weighted by Gasteiger charge is -2.25. The molecule has 0 aliphatic heterocycles. The molecule has 0 heterocycles. The molecule has 0 aliphatic rings. The van der Waals surface area contributed by atoms with Crippen LogP contribution >= 0.6 is 0 Å². The van der Waals surface area contributed by atoms with Gasteiger partial charge in [-0.25, -0.2) is 0 Å². The molecule has 2 unspecified atom stereocenters. The highest BCUT2D eigenvalue weighted by molar-refractivity contribution is 5.35. The summed E-state index contributed by atoms with van der Waals surface area (Å²) in [5.41, 5.74) is 1.14. The average Bonchev–Trinajstić information content (AvgIpc) is 2.50. The van der Waals surface area contributed by atoms with E-state index in [1.54, 1.807) is 12.1 Å². The van der Waals surface area contributed by atoms with Crippen LogP contribution in [0.4, 0.5) is 5.69 Å². The number of nitro groups is 1. The van der Waals surface area contributed by atoms with E-state index in [0.717, 1.165) is 31.5 Å². The number of benzene rings is 1. The number of non-ortho nitro benzene ring substituents is 1.